The molecule has 2 N–H and O–H groups in total. The predicted molar refractivity (Wildman–Crippen MR) is 87.8 cm³/mol. The zero-order chi connectivity index (χ0) is 16.4. The maximum absolute atomic E-state index is 13.1. The highest BCUT2D eigenvalue weighted by molar-refractivity contribution is 8.00. The van der Waals surface area contributed by atoms with Gasteiger partial charge in [-0.1, -0.05) is 11.6 Å². The monoisotopic (exact) mass is 353 g/mol. The standard InChI is InChI=1S/C16H17ClFN3OS/c17-13-5-10(18)1-2-14(13)23-12-6-11(20-8-12)7-15(22)21-16(9-19)3-4-16/h1-2,5,11-12,20H,3-4,6-8H2,(H,21,22)/t11-,12-/m1/s1. The van der Waals surface area contributed by atoms with Crippen molar-refractivity contribution < 1.29 is 9.18 Å². The van der Waals surface area contributed by atoms with Crippen molar-refractivity contribution in [2.24, 2.45) is 0 Å². The summed E-state index contributed by atoms with van der Waals surface area (Å²) in [5.74, 6) is -0.419. The third kappa shape index (κ3) is 4.17. The Morgan fingerprint density at radius 2 is 2.35 bits per heavy atom. The van der Waals surface area contributed by atoms with Gasteiger partial charge in [-0.2, -0.15) is 5.26 Å². The van der Waals surface area contributed by atoms with Crippen LogP contribution in [0.1, 0.15) is 25.7 Å². The van der Waals surface area contributed by atoms with Gasteiger partial charge in [-0.15, -0.1) is 11.8 Å². The number of hydrogen-bond acceptors (Lipinski definition) is 4. The minimum Gasteiger partial charge on any atom is -0.338 e. The quantitative estimate of drug-likeness (QED) is 0.854. The van der Waals surface area contributed by atoms with Crippen molar-refractivity contribution in [2.75, 3.05) is 6.54 Å². The molecule has 7 heteroatoms. The molecule has 2 aliphatic rings. The first-order valence-corrected chi connectivity index (χ1v) is 8.83. The van der Waals surface area contributed by atoms with E-state index < -0.39 is 5.54 Å². The lowest BCUT2D eigenvalue weighted by atomic mass is 10.1. The predicted octanol–water partition coefficient (Wildman–Crippen LogP) is 2.86. The number of nitriles is 1. The van der Waals surface area contributed by atoms with Gasteiger partial charge < -0.3 is 10.6 Å². The summed E-state index contributed by atoms with van der Waals surface area (Å²) in [6.45, 7) is 0.777. The second-order valence-corrected chi connectivity index (χ2v) is 7.85. The Labute approximate surface area is 143 Å². The molecule has 1 amide bonds. The van der Waals surface area contributed by atoms with Crippen LogP contribution in [0, 0.1) is 17.1 Å². The molecule has 1 saturated carbocycles. The Morgan fingerprint density at radius 1 is 1.57 bits per heavy atom. The highest BCUT2D eigenvalue weighted by atomic mass is 35.5. The number of carbonyl (C=O) groups is 1. The number of carbonyl (C=O) groups excluding carboxylic acids is 1. The second kappa shape index (κ2) is 6.68. The van der Waals surface area contributed by atoms with Gasteiger partial charge in [0.25, 0.3) is 0 Å². The molecule has 2 atom stereocenters. The van der Waals surface area contributed by atoms with Crippen LogP contribution < -0.4 is 10.6 Å². The van der Waals surface area contributed by atoms with Crippen molar-refractivity contribution in [3.8, 4) is 6.07 Å². The summed E-state index contributed by atoms with van der Waals surface area (Å²) < 4.78 is 13.1. The SMILES string of the molecule is N#CC1(NC(=O)C[C@H]2C[C@@H](Sc3ccc(F)cc3Cl)CN2)CC1. The molecule has 3 rings (SSSR count). The van der Waals surface area contributed by atoms with Crippen molar-refractivity contribution in [2.45, 2.75) is 47.4 Å². The maximum atomic E-state index is 13.1. The molecule has 4 nitrogen and oxygen atoms in total. The van der Waals surface area contributed by atoms with Crippen LogP contribution in [0.5, 0.6) is 0 Å². The van der Waals surface area contributed by atoms with Crippen molar-refractivity contribution >= 4 is 29.3 Å². The molecule has 1 aliphatic carbocycles. The van der Waals surface area contributed by atoms with Gasteiger partial charge in [0, 0.05) is 29.2 Å². The molecule has 0 radical (unpaired) electrons. The first-order valence-electron chi connectivity index (χ1n) is 7.57. The van der Waals surface area contributed by atoms with Gasteiger partial charge >= 0.3 is 0 Å². The van der Waals surface area contributed by atoms with Gasteiger partial charge in [-0.25, -0.2) is 4.39 Å². The van der Waals surface area contributed by atoms with Crippen molar-refractivity contribution in [1.82, 2.24) is 10.6 Å². The van der Waals surface area contributed by atoms with E-state index in [4.69, 9.17) is 16.9 Å². The van der Waals surface area contributed by atoms with E-state index >= 15 is 0 Å². The maximum Gasteiger partial charge on any atom is 0.222 e. The van der Waals surface area contributed by atoms with E-state index in [1.54, 1.807) is 17.8 Å². The first kappa shape index (κ1) is 16.6. The molecule has 0 spiro atoms. The molecule has 1 saturated heterocycles. The average molecular weight is 354 g/mol. The van der Waals surface area contributed by atoms with E-state index in [0.717, 1.165) is 30.7 Å². The number of nitrogens with zero attached hydrogens (tertiary/aromatic N) is 1. The normalized spacial score (nSPS) is 24.9. The van der Waals surface area contributed by atoms with Gasteiger partial charge in [0.1, 0.15) is 11.4 Å². The Kier molecular flexibility index (Phi) is 4.81. The second-order valence-electron chi connectivity index (χ2n) is 6.10. The summed E-state index contributed by atoms with van der Waals surface area (Å²) in [5.41, 5.74) is -0.606. The van der Waals surface area contributed by atoms with E-state index in [0.29, 0.717) is 16.7 Å². The molecule has 1 aromatic rings. The summed E-state index contributed by atoms with van der Waals surface area (Å²) in [5, 5.41) is 15.9. The van der Waals surface area contributed by atoms with Crippen molar-refractivity contribution in [3.05, 3.63) is 29.0 Å². The summed E-state index contributed by atoms with van der Waals surface area (Å²) in [4.78, 5) is 12.9. The van der Waals surface area contributed by atoms with E-state index in [1.165, 1.54) is 12.1 Å². The Balaban J connectivity index is 1.48. The van der Waals surface area contributed by atoms with E-state index in [-0.39, 0.29) is 17.8 Å². The van der Waals surface area contributed by atoms with Crippen LogP contribution >= 0.6 is 23.4 Å². The average Bonchev–Trinajstić information content (AvgIpc) is 3.14. The molecule has 122 valence electrons. The third-order valence-electron chi connectivity index (χ3n) is 4.14. The lowest BCUT2D eigenvalue weighted by Gasteiger charge is -2.13. The van der Waals surface area contributed by atoms with Crippen LogP contribution in [0.3, 0.4) is 0 Å². The van der Waals surface area contributed by atoms with Gasteiger partial charge in [0.15, 0.2) is 0 Å². The van der Waals surface area contributed by atoms with Gasteiger partial charge in [-0.05, 0) is 37.5 Å². The molecule has 2 fully saturated rings. The largest absolute Gasteiger partial charge is 0.338 e. The van der Waals surface area contributed by atoms with Crippen LogP contribution in [0.2, 0.25) is 5.02 Å². The third-order valence-corrected chi connectivity index (χ3v) is 5.87. The van der Waals surface area contributed by atoms with Crippen LogP contribution in [0.4, 0.5) is 4.39 Å². The molecule has 23 heavy (non-hydrogen) atoms. The molecule has 0 aromatic heterocycles. The summed E-state index contributed by atoms with van der Waals surface area (Å²) in [6.07, 6.45) is 2.70. The number of hydrogen-bond donors (Lipinski definition) is 2. The number of nitrogens with one attached hydrogen (secondary N) is 2. The summed E-state index contributed by atoms with van der Waals surface area (Å²) in [7, 11) is 0. The summed E-state index contributed by atoms with van der Waals surface area (Å²) >= 11 is 7.65. The molecular weight excluding hydrogens is 337 g/mol. The van der Waals surface area contributed by atoms with Crippen LogP contribution in [0.15, 0.2) is 23.1 Å². The Morgan fingerprint density at radius 3 is 3.00 bits per heavy atom. The number of amides is 1. The molecule has 1 aromatic carbocycles. The van der Waals surface area contributed by atoms with Gasteiger partial charge in [-0.3, -0.25) is 4.79 Å². The Hall–Kier alpha value is -1.29. The van der Waals surface area contributed by atoms with Crippen molar-refractivity contribution in [1.29, 1.82) is 5.26 Å². The number of benzene rings is 1. The van der Waals surface area contributed by atoms with E-state index in [1.807, 2.05) is 0 Å². The lowest BCUT2D eigenvalue weighted by molar-refractivity contribution is -0.122. The fourth-order valence-electron chi connectivity index (χ4n) is 2.71. The van der Waals surface area contributed by atoms with Crippen LogP contribution in [-0.2, 0) is 4.79 Å². The zero-order valence-corrected chi connectivity index (χ0v) is 14.0. The van der Waals surface area contributed by atoms with Gasteiger partial charge in [0.05, 0.1) is 11.1 Å². The summed E-state index contributed by atoms with van der Waals surface area (Å²) in [6, 6.07) is 6.66. The zero-order valence-electron chi connectivity index (χ0n) is 12.4. The highest BCUT2D eigenvalue weighted by Gasteiger charge is 2.44. The number of rotatable bonds is 5. The fraction of sp³-hybridized carbons (Fsp3) is 0.500. The van der Waals surface area contributed by atoms with Crippen LogP contribution in [0.25, 0.3) is 0 Å². The molecule has 0 unspecified atom stereocenters. The minimum atomic E-state index is -0.606. The van der Waals surface area contributed by atoms with E-state index in [2.05, 4.69) is 16.7 Å². The lowest BCUT2D eigenvalue weighted by Crippen LogP contribution is -2.39. The number of halogens is 2. The molecular formula is C16H17ClFN3OS. The highest BCUT2D eigenvalue weighted by Crippen LogP contribution is 2.36. The Bertz CT molecular complexity index is 659. The number of thioether (sulfide) groups is 1. The molecule has 1 heterocycles. The van der Waals surface area contributed by atoms with Crippen LogP contribution in [-0.4, -0.2) is 29.3 Å². The fourth-order valence-corrected chi connectivity index (χ4v) is 4.20. The van der Waals surface area contributed by atoms with E-state index in [9.17, 15) is 9.18 Å². The van der Waals surface area contributed by atoms with Crippen molar-refractivity contribution in [3.63, 3.8) is 0 Å². The van der Waals surface area contributed by atoms with Gasteiger partial charge in [0.2, 0.25) is 5.91 Å². The molecule has 0 bridgehead atoms. The minimum absolute atomic E-state index is 0.0768. The first-order chi connectivity index (χ1) is 11.0. The topological polar surface area (TPSA) is 64.9 Å². The smallest absolute Gasteiger partial charge is 0.222 e. The molecule has 1 aliphatic heterocycles.